The van der Waals surface area contributed by atoms with E-state index in [2.05, 4.69) is 30.5 Å². The topological polar surface area (TPSA) is 44.3 Å². The summed E-state index contributed by atoms with van der Waals surface area (Å²) in [6.45, 7) is 7.70. The van der Waals surface area contributed by atoms with Crippen molar-refractivity contribution in [3.63, 3.8) is 0 Å². The van der Waals surface area contributed by atoms with Gasteiger partial charge in [-0.05, 0) is 93.6 Å². The molecule has 4 rings (SSSR count). The Hall–Kier alpha value is -1.06. The first-order valence-electron chi connectivity index (χ1n) is 9.94. The second-order valence-electron chi connectivity index (χ2n) is 8.32. The van der Waals surface area contributed by atoms with Crippen molar-refractivity contribution in [2.24, 2.45) is 11.8 Å². The molecule has 3 unspecified atom stereocenters. The van der Waals surface area contributed by atoms with Crippen molar-refractivity contribution in [2.45, 2.75) is 64.3 Å². The molecule has 3 N–H and O–H groups in total. The Morgan fingerprint density at radius 3 is 2.58 bits per heavy atom. The van der Waals surface area contributed by atoms with Gasteiger partial charge in [-0.1, -0.05) is 18.9 Å². The third kappa shape index (κ3) is 2.76. The van der Waals surface area contributed by atoms with Crippen molar-refractivity contribution < 1.29 is 5.11 Å². The maximum absolute atomic E-state index is 10.8. The van der Waals surface area contributed by atoms with Gasteiger partial charge in [-0.15, -0.1) is 0 Å². The Balaban J connectivity index is 1.63. The monoisotopic (exact) mass is 328 g/mol. The fraction of sp³-hybridized carbons (Fsp3) is 0.714. The highest BCUT2D eigenvalue weighted by Crippen LogP contribution is 2.56. The van der Waals surface area contributed by atoms with Crippen molar-refractivity contribution in [3.05, 3.63) is 28.3 Å². The van der Waals surface area contributed by atoms with E-state index in [0.29, 0.717) is 23.6 Å². The summed E-state index contributed by atoms with van der Waals surface area (Å²) in [7, 11) is 0. The molecule has 1 aromatic rings. The molecular formula is C21H32N2O. The number of phenols is 1. The van der Waals surface area contributed by atoms with Crippen LogP contribution in [0.15, 0.2) is 6.07 Å². The molecular weight excluding hydrogens is 296 g/mol. The van der Waals surface area contributed by atoms with Gasteiger partial charge in [0.05, 0.1) is 0 Å². The molecule has 3 nitrogen and oxygen atoms in total. The zero-order valence-electron chi connectivity index (χ0n) is 15.2. The third-order valence-electron chi connectivity index (χ3n) is 6.79. The van der Waals surface area contributed by atoms with Crippen molar-refractivity contribution in [1.29, 1.82) is 0 Å². The summed E-state index contributed by atoms with van der Waals surface area (Å²) in [5.41, 5.74) is 5.16. The number of phenolic OH excluding ortho intramolecular Hbond substituents is 1. The summed E-state index contributed by atoms with van der Waals surface area (Å²) >= 11 is 0. The van der Waals surface area contributed by atoms with Crippen LogP contribution in [0.1, 0.15) is 72.7 Å². The average molecular weight is 329 g/mol. The fourth-order valence-electron chi connectivity index (χ4n) is 5.59. The molecule has 0 aromatic heterocycles. The molecule has 0 radical (unpaired) electrons. The van der Waals surface area contributed by atoms with Crippen LogP contribution in [-0.4, -0.2) is 24.7 Å². The first-order chi connectivity index (χ1) is 11.7. The van der Waals surface area contributed by atoms with Gasteiger partial charge >= 0.3 is 0 Å². The largest absolute Gasteiger partial charge is 0.507 e. The number of nitrogens with one attached hydrogen (secondary N) is 2. The SMILES string of the molecule is Cc1cc(C)c2c(c1O)C(NCC1CCNCC1)C1CCCCC21. The standard InChI is InChI=1S/C21H32N2O/c1-13-11-14(2)21(24)19-18(13)16-5-3-4-6-17(16)20(19)23-12-15-7-9-22-10-8-15/h11,15-17,20,22-24H,3-10,12H2,1-2H3. The Labute approximate surface area is 146 Å². The van der Waals surface area contributed by atoms with E-state index in [1.165, 1.54) is 55.2 Å². The summed E-state index contributed by atoms with van der Waals surface area (Å²) in [6.07, 6.45) is 7.85. The van der Waals surface area contributed by atoms with Crippen LogP contribution in [0.3, 0.4) is 0 Å². The van der Waals surface area contributed by atoms with Crippen LogP contribution in [0.25, 0.3) is 0 Å². The third-order valence-corrected chi connectivity index (χ3v) is 6.79. The minimum Gasteiger partial charge on any atom is -0.507 e. The number of hydrogen-bond acceptors (Lipinski definition) is 3. The van der Waals surface area contributed by atoms with E-state index in [-0.39, 0.29) is 0 Å². The van der Waals surface area contributed by atoms with E-state index in [1.807, 2.05) is 0 Å². The van der Waals surface area contributed by atoms with Crippen LogP contribution in [0.4, 0.5) is 0 Å². The molecule has 24 heavy (non-hydrogen) atoms. The molecule has 1 saturated carbocycles. The van der Waals surface area contributed by atoms with Gasteiger partial charge in [0.1, 0.15) is 5.75 Å². The van der Waals surface area contributed by atoms with Gasteiger partial charge in [0.15, 0.2) is 0 Å². The fourth-order valence-corrected chi connectivity index (χ4v) is 5.59. The van der Waals surface area contributed by atoms with Crippen molar-refractivity contribution in [2.75, 3.05) is 19.6 Å². The summed E-state index contributed by atoms with van der Waals surface area (Å²) in [5.74, 6) is 2.69. The lowest BCUT2D eigenvalue weighted by Gasteiger charge is -2.32. The summed E-state index contributed by atoms with van der Waals surface area (Å²) in [5, 5.41) is 18.2. The zero-order valence-corrected chi connectivity index (χ0v) is 15.2. The van der Waals surface area contributed by atoms with E-state index < -0.39 is 0 Å². The van der Waals surface area contributed by atoms with Gasteiger partial charge in [-0.2, -0.15) is 0 Å². The number of hydrogen-bond donors (Lipinski definition) is 3. The zero-order chi connectivity index (χ0) is 16.7. The van der Waals surface area contributed by atoms with Gasteiger partial charge in [-0.3, -0.25) is 0 Å². The van der Waals surface area contributed by atoms with Crippen molar-refractivity contribution >= 4 is 0 Å². The van der Waals surface area contributed by atoms with Crippen LogP contribution in [0.5, 0.6) is 5.75 Å². The molecule has 3 aliphatic rings. The normalized spacial score (nSPS) is 30.2. The second-order valence-corrected chi connectivity index (χ2v) is 8.32. The quantitative estimate of drug-likeness (QED) is 0.788. The summed E-state index contributed by atoms with van der Waals surface area (Å²) < 4.78 is 0. The minimum absolute atomic E-state index is 0.360. The molecule has 1 heterocycles. The smallest absolute Gasteiger partial charge is 0.123 e. The van der Waals surface area contributed by atoms with E-state index >= 15 is 0 Å². The lowest BCUT2D eigenvalue weighted by molar-refractivity contribution is 0.244. The number of fused-ring (bicyclic) bond motifs is 3. The number of rotatable bonds is 3. The predicted molar refractivity (Wildman–Crippen MR) is 98.6 cm³/mol. The molecule has 0 amide bonds. The number of aryl methyl sites for hydroxylation is 2. The van der Waals surface area contributed by atoms with Crippen molar-refractivity contribution in [3.8, 4) is 5.75 Å². The molecule has 132 valence electrons. The molecule has 3 atom stereocenters. The minimum atomic E-state index is 0.360. The maximum atomic E-state index is 10.8. The lowest BCUT2D eigenvalue weighted by atomic mass is 9.77. The molecule has 1 saturated heterocycles. The van der Waals surface area contributed by atoms with Crippen LogP contribution in [0.2, 0.25) is 0 Å². The molecule has 0 bridgehead atoms. The molecule has 1 aliphatic heterocycles. The number of aromatic hydroxyl groups is 1. The molecule has 2 fully saturated rings. The van der Waals surface area contributed by atoms with E-state index in [1.54, 1.807) is 0 Å². The average Bonchev–Trinajstić information content (AvgIpc) is 2.94. The Morgan fingerprint density at radius 1 is 1.04 bits per heavy atom. The van der Waals surface area contributed by atoms with E-state index in [0.717, 1.165) is 31.1 Å². The van der Waals surface area contributed by atoms with Gasteiger partial charge in [0.2, 0.25) is 0 Å². The highest BCUT2D eigenvalue weighted by Gasteiger charge is 2.44. The van der Waals surface area contributed by atoms with E-state index in [4.69, 9.17) is 0 Å². The molecule has 0 spiro atoms. The number of piperidine rings is 1. The van der Waals surface area contributed by atoms with Gasteiger partial charge in [0.25, 0.3) is 0 Å². The molecule has 2 aliphatic carbocycles. The Morgan fingerprint density at radius 2 is 1.79 bits per heavy atom. The lowest BCUT2D eigenvalue weighted by Crippen LogP contribution is -2.36. The van der Waals surface area contributed by atoms with E-state index in [9.17, 15) is 5.11 Å². The number of benzene rings is 1. The van der Waals surface area contributed by atoms with Crippen LogP contribution >= 0.6 is 0 Å². The van der Waals surface area contributed by atoms with Gasteiger partial charge in [-0.25, -0.2) is 0 Å². The van der Waals surface area contributed by atoms with Gasteiger partial charge < -0.3 is 15.7 Å². The second kappa shape index (κ2) is 6.68. The molecule has 3 heteroatoms. The predicted octanol–water partition coefficient (Wildman–Crippen LogP) is 3.93. The van der Waals surface area contributed by atoms with Crippen molar-refractivity contribution in [1.82, 2.24) is 10.6 Å². The Kier molecular flexibility index (Phi) is 4.57. The Bertz CT molecular complexity index is 606. The first kappa shape index (κ1) is 16.4. The van der Waals surface area contributed by atoms with Crippen LogP contribution in [0, 0.1) is 25.7 Å². The molecule has 1 aromatic carbocycles. The maximum Gasteiger partial charge on any atom is 0.123 e. The summed E-state index contributed by atoms with van der Waals surface area (Å²) in [6, 6.07) is 2.55. The highest BCUT2D eigenvalue weighted by molar-refractivity contribution is 5.55. The first-order valence-corrected chi connectivity index (χ1v) is 9.94. The summed E-state index contributed by atoms with van der Waals surface area (Å²) in [4.78, 5) is 0. The highest BCUT2D eigenvalue weighted by atomic mass is 16.3. The van der Waals surface area contributed by atoms with Gasteiger partial charge in [0, 0.05) is 11.6 Å². The van der Waals surface area contributed by atoms with Crippen LogP contribution in [-0.2, 0) is 0 Å². The van der Waals surface area contributed by atoms with Crippen LogP contribution < -0.4 is 10.6 Å².